The molecule has 8 aromatic carbocycles. The third-order valence-corrected chi connectivity index (χ3v) is 11.9. The van der Waals surface area contributed by atoms with Crippen molar-refractivity contribution in [3.05, 3.63) is 238 Å². The molecule has 8 aromatic rings. The van der Waals surface area contributed by atoms with Gasteiger partial charge in [-0.3, -0.25) is 0 Å². The summed E-state index contributed by atoms with van der Waals surface area (Å²) in [7, 11) is 0. The fourth-order valence-electron chi connectivity index (χ4n) is 7.76. The zero-order chi connectivity index (χ0) is 53.9. The summed E-state index contributed by atoms with van der Waals surface area (Å²) in [4.78, 5) is 0. The topological polar surface area (TPSA) is 0 Å². The minimum absolute atomic E-state index is 0.279. The number of rotatable bonds is 14. The van der Waals surface area contributed by atoms with E-state index in [-0.39, 0.29) is 11.1 Å². The zero-order valence-electron chi connectivity index (χ0n) is 41.5. The molecular formula is C62H56F12. The molecule has 0 bridgehead atoms. The van der Waals surface area contributed by atoms with Gasteiger partial charge in [-0.2, -0.15) is 0 Å². The number of hydrogen-bond acceptors (Lipinski definition) is 0. The fourth-order valence-corrected chi connectivity index (χ4v) is 7.76. The molecule has 0 aliphatic rings. The Morgan fingerprint density at radius 3 is 0.784 bits per heavy atom. The largest absolute Gasteiger partial charge is 0.206 e. The van der Waals surface area contributed by atoms with Crippen molar-refractivity contribution in [1.29, 1.82) is 0 Å². The minimum atomic E-state index is -0.971. The van der Waals surface area contributed by atoms with Crippen molar-refractivity contribution in [1.82, 2.24) is 0 Å². The van der Waals surface area contributed by atoms with E-state index in [9.17, 15) is 52.7 Å². The predicted octanol–water partition coefficient (Wildman–Crippen LogP) is 19.7. The highest BCUT2D eigenvalue weighted by Crippen LogP contribution is 2.30. The Morgan fingerprint density at radius 2 is 0.514 bits per heavy atom. The molecule has 0 saturated carbocycles. The van der Waals surface area contributed by atoms with Crippen LogP contribution < -0.4 is 0 Å². The number of halogens is 12. The number of unbranched alkanes of at least 4 members (excludes halogenated alkanes) is 3. The highest BCUT2D eigenvalue weighted by molar-refractivity contribution is 5.67. The van der Waals surface area contributed by atoms with E-state index in [4.69, 9.17) is 0 Å². The van der Waals surface area contributed by atoms with Crippen LogP contribution in [0.1, 0.15) is 88.5 Å². The van der Waals surface area contributed by atoms with Crippen LogP contribution in [0.3, 0.4) is 0 Å². The van der Waals surface area contributed by atoms with Crippen LogP contribution in [0.25, 0.3) is 44.5 Å². The van der Waals surface area contributed by atoms with Gasteiger partial charge >= 0.3 is 0 Å². The SMILES string of the molecule is CCCCCc1ccc(-c2ccc(F)c(F)c2)c(F)c1.CCCCc1ccc(-c2ccc(F)c(F)c2)c(F)c1.CCCc1ccc(-c2ccc(F)c(F)c2)c(F)c1.CCc1ccc(-c2ccc(F)c(F)c2)c(F)c1. The molecule has 0 atom stereocenters. The summed E-state index contributed by atoms with van der Waals surface area (Å²) >= 11 is 0. The molecule has 0 amide bonds. The Kier molecular flexibility index (Phi) is 22.2. The van der Waals surface area contributed by atoms with Crippen LogP contribution in [0.5, 0.6) is 0 Å². The molecule has 0 aliphatic carbocycles. The Balaban J connectivity index is 0.000000183. The monoisotopic (exact) mass is 1030 g/mol. The van der Waals surface area contributed by atoms with Gasteiger partial charge in [0, 0.05) is 22.3 Å². The normalized spacial score (nSPS) is 10.7. The van der Waals surface area contributed by atoms with Crippen molar-refractivity contribution in [2.75, 3.05) is 0 Å². The molecule has 0 aliphatic heterocycles. The Labute approximate surface area is 425 Å². The van der Waals surface area contributed by atoms with Crippen LogP contribution in [0, 0.1) is 69.8 Å². The average molecular weight is 1030 g/mol. The molecule has 0 N–H and O–H groups in total. The second-order valence-corrected chi connectivity index (χ2v) is 17.4. The van der Waals surface area contributed by atoms with E-state index in [0.29, 0.717) is 33.4 Å². The molecule has 388 valence electrons. The molecule has 0 nitrogen and oxygen atoms in total. The van der Waals surface area contributed by atoms with Gasteiger partial charge in [-0.15, -0.1) is 0 Å². The van der Waals surface area contributed by atoms with Crippen molar-refractivity contribution >= 4 is 0 Å². The highest BCUT2D eigenvalue weighted by Gasteiger charge is 2.13. The van der Waals surface area contributed by atoms with E-state index in [1.807, 2.05) is 32.0 Å². The van der Waals surface area contributed by atoms with E-state index in [2.05, 4.69) is 13.8 Å². The van der Waals surface area contributed by atoms with E-state index in [1.54, 1.807) is 30.3 Å². The molecule has 12 heteroatoms. The smallest absolute Gasteiger partial charge is 0.159 e. The first-order valence-electron chi connectivity index (χ1n) is 24.4. The van der Waals surface area contributed by atoms with Crippen LogP contribution >= 0.6 is 0 Å². The van der Waals surface area contributed by atoms with Crippen LogP contribution in [-0.2, 0) is 25.7 Å². The number of aryl methyl sites for hydroxylation is 4. The molecule has 8 rings (SSSR count). The van der Waals surface area contributed by atoms with Gasteiger partial charge in [0.1, 0.15) is 23.3 Å². The lowest BCUT2D eigenvalue weighted by molar-refractivity contribution is 0.509. The summed E-state index contributed by atoms with van der Waals surface area (Å²) in [5, 5.41) is 0. The van der Waals surface area contributed by atoms with Crippen molar-refractivity contribution in [3.8, 4) is 44.5 Å². The van der Waals surface area contributed by atoms with Crippen LogP contribution in [0.4, 0.5) is 52.7 Å². The molecule has 0 radical (unpaired) electrons. The molecular weight excluding hydrogens is 973 g/mol. The molecule has 74 heavy (non-hydrogen) atoms. The molecule has 0 heterocycles. The minimum Gasteiger partial charge on any atom is -0.206 e. The van der Waals surface area contributed by atoms with Gasteiger partial charge < -0.3 is 0 Å². The standard InChI is InChI=1S/C17H17F3.C16H15F3.C15H13F3.C14H11F3/c1-2-3-4-5-12-6-8-14(16(19)10-12)13-7-9-15(18)17(20)11-13;1-2-3-4-11-5-7-13(15(18)9-11)12-6-8-14(17)16(19)10-12;1-2-3-10-4-6-12(14(17)8-10)11-5-7-13(16)15(18)9-11;1-2-9-3-5-11(13(16)7-9)10-4-6-12(15)14(17)8-10/h6-11H,2-5H2,1H3;5-10H,2-4H2,1H3;4-9H,2-3H2,1H3;3-8H,2H2,1H3. The fraction of sp³-hybridized carbons (Fsp3) is 0.226. The maximum Gasteiger partial charge on any atom is 0.159 e. The van der Waals surface area contributed by atoms with Crippen LogP contribution in [0.2, 0.25) is 0 Å². The quantitative estimate of drug-likeness (QED) is 0.0752. The molecule has 0 spiro atoms. The van der Waals surface area contributed by atoms with Crippen LogP contribution in [0.15, 0.2) is 146 Å². The second kappa shape index (κ2) is 28.4. The van der Waals surface area contributed by atoms with Gasteiger partial charge in [0.05, 0.1) is 0 Å². The summed E-state index contributed by atoms with van der Waals surface area (Å²) < 4.78 is 159. The lowest BCUT2D eigenvalue weighted by Gasteiger charge is -2.07. The van der Waals surface area contributed by atoms with E-state index in [1.165, 1.54) is 48.5 Å². The first-order valence-corrected chi connectivity index (χ1v) is 24.4. The first kappa shape index (κ1) is 57.8. The van der Waals surface area contributed by atoms with Gasteiger partial charge in [0.25, 0.3) is 0 Å². The van der Waals surface area contributed by atoms with Gasteiger partial charge in [-0.1, -0.05) is 126 Å². The molecule has 0 unspecified atom stereocenters. The van der Waals surface area contributed by atoms with Crippen LogP contribution in [-0.4, -0.2) is 0 Å². The van der Waals surface area contributed by atoms with Crippen molar-refractivity contribution in [2.24, 2.45) is 0 Å². The number of hydrogen-bond donors (Lipinski definition) is 0. The zero-order valence-corrected chi connectivity index (χ0v) is 41.5. The van der Waals surface area contributed by atoms with Gasteiger partial charge in [-0.05, 0) is 156 Å². The lowest BCUT2D eigenvalue weighted by atomic mass is 10.0. The van der Waals surface area contributed by atoms with Gasteiger partial charge in [0.15, 0.2) is 46.5 Å². The summed E-state index contributed by atoms with van der Waals surface area (Å²) in [6.07, 6.45) is 9.45. The average Bonchev–Trinajstić information content (AvgIpc) is 3.38. The van der Waals surface area contributed by atoms with E-state index < -0.39 is 69.8 Å². The van der Waals surface area contributed by atoms with Crippen molar-refractivity contribution < 1.29 is 52.7 Å². The van der Waals surface area contributed by atoms with E-state index >= 15 is 0 Å². The maximum atomic E-state index is 14.1. The lowest BCUT2D eigenvalue weighted by Crippen LogP contribution is -1.92. The molecule has 0 fully saturated rings. The first-order chi connectivity index (χ1) is 35.5. The van der Waals surface area contributed by atoms with Gasteiger partial charge in [0.2, 0.25) is 0 Å². The third kappa shape index (κ3) is 16.5. The predicted molar refractivity (Wildman–Crippen MR) is 272 cm³/mol. The second-order valence-electron chi connectivity index (χ2n) is 17.4. The Hall–Kier alpha value is -7.08. The third-order valence-electron chi connectivity index (χ3n) is 11.9. The van der Waals surface area contributed by atoms with E-state index in [0.717, 1.165) is 135 Å². The summed E-state index contributed by atoms with van der Waals surface area (Å²) in [6.45, 7) is 8.13. The molecule has 0 saturated heterocycles. The Bertz CT molecular complexity index is 3110. The number of benzene rings is 8. The maximum absolute atomic E-state index is 14.1. The highest BCUT2D eigenvalue weighted by atomic mass is 19.2. The Morgan fingerprint density at radius 1 is 0.230 bits per heavy atom. The van der Waals surface area contributed by atoms with Crippen molar-refractivity contribution in [2.45, 2.75) is 91.9 Å². The molecule has 0 aromatic heterocycles. The summed E-state index contributed by atoms with van der Waals surface area (Å²) in [6, 6.07) is 33.1. The summed E-state index contributed by atoms with van der Waals surface area (Å²) in [5.74, 6) is -9.21. The van der Waals surface area contributed by atoms with Gasteiger partial charge in [-0.25, -0.2) is 52.7 Å². The van der Waals surface area contributed by atoms with Crippen molar-refractivity contribution in [3.63, 3.8) is 0 Å². The summed E-state index contributed by atoms with van der Waals surface area (Å²) in [5.41, 5.74) is 6.15.